The highest BCUT2D eigenvalue weighted by atomic mass is 31.1. The van der Waals surface area contributed by atoms with E-state index in [2.05, 4.69) is 13.8 Å². The summed E-state index contributed by atoms with van der Waals surface area (Å²) < 4.78 is 15.2. The number of unbranched alkanes of at least 4 members (excludes halogenated alkanes) is 14. The van der Waals surface area contributed by atoms with E-state index < -0.39 is 8.25 Å². The number of hydrogen-bond donors (Lipinski definition) is 1. The highest BCUT2D eigenvalue weighted by molar-refractivity contribution is 7.32. The summed E-state index contributed by atoms with van der Waals surface area (Å²) >= 11 is 0. The number of hydrogen-bond acceptors (Lipinski definition) is 2. The summed E-state index contributed by atoms with van der Waals surface area (Å²) in [5, 5.41) is 0. The minimum absolute atomic E-state index is 0.437. The second-order valence-electron chi connectivity index (χ2n) is 8.65. The molecule has 0 bridgehead atoms. The van der Waals surface area contributed by atoms with Crippen molar-refractivity contribution < 1.29 is 14.0 Å². The molecule has 0 saturated carbocycles. The van der Waals surface area contributed by atoms with E-state index in [1.165, 1.54) is 116 Å². The monoisotopic (exact) mass is 418 g/mol. The average Bonchev–Trinajstić information content (AvgIpc) is 2.68. The first kappa shape index (κ1) is 28.1. The fraction of sp³-hybridized carbons (Fsp3) is 1.00. The second kappa shape index (κ2) is 23.4. The normalized spacial score (nSPS) is 12.7. The first-order valence-corrected chi connectivity index (χ1v) is 13.8. The molecule has 0 saturated heterocycles. The molecule has 170 valence electrons. The molecule has 1 unspecified atom stereocenters. The van der Waals surface area contributed by atoms with Crippen molar-refractivity contribution in [1.29, 1.82) is 0 Å². The van der Waals surface area contributed by atoms with E-state index in [1.54, 1.807) is 0 Å². The summed E-state index contributed by atoms with van der Waals surface area (Å²) in [6.07, 6.45) is 27.1. The van der Waals surface area contributed by atoms with Crippen LogP contribution in [0.2, 0.25) is 0 Å². The van der Waals surface area contributed by atoms with Gasteiger partial charge in [-0.15, -0.1) is 0 Å². The van der Waals surface area contributed by atoms with Gasteiger partial charge in [-0.3, -0.25) is 4.57 Å². The lowest BCUT2D eigenvalue weighted by molar-refractivity contribution is 0.273. The van der Waals surface area contributed by atoms with E-state index >= 15 is 0 Å². The van der Waals surface area contributed by atoms with Crippen LogP contribution in [0.15, 0.2) is 0 Å². The van der Waals surface area contributed by atoms with Gasteiger partial charge in [0.05, 0.1) is 6.61 Å². The van der Waals surface area contributed by atoms with Crippen molar-refractivity contribution in [3.05, 3.63) is 0 Å². The fourth-order valence-electron chi connectivity index (χ4n) is 4.08. The summed E-state index contributed by atoms with van der Waals surface area (Å²) in [6, 6.07) is 0. The summed E-state index contributed by atoms with van der Waals surface area (Å²) in [4.78, 5) is 8.64. The Kier molecular flexibility index (Phi) is 23.6. The van der Waals surface area contributed by atoms with Crippen LogP contribution in [0.4, 0.5) is 0 Å². The maximum atomic E-state index is 10.5. The molecule has 3 nitrogen and oxygen atoms in total. The molecule has 4 heteroatoms. The maximum absolute atomic E-state index is 10.5. The molecule has 1 atom stereocenters. The van der Waals surface area contributed by atoms with Gasteiger partial charge in [-0.2, -0.15) is 0 Å². The second-order valence-corrected chi connectivity index (χ2v) is 9.47. The van der Waals surface area contributed by atoms with E-state index in [0.717, 1.165) is 18.8 Å². The Morgan fingerprint density at radius 2 is 0.964 bits per heavy atom. The third-order valence-electron chi connectivity index (χ3n) is 5.91. The molecule has 0 heterocycles. The Morgan fingerprint density at radius 1 is 0.607 bits per heavy atom. The summed E-state index contributed by atoms with van der Waals surface area (Å²) in [5.41, 5.74) is 0. The van der Waals surface area contributed by atoms with Crippen molar-refractivity contribution in [2.75, 3.05) is 6.61 Å². The van der Waals surface area contributed by atoms with Gasteiger partial charge >= 0.3 is 8.25 Å². The molecule has 0 fully saturated rings. The zero-order valence-corrected chi connectivity index (χ0v) is 20.2. The summed E-state index contributed by atoms with van der Waals surface area (Å²) in [6.45, 7) is 5.02. The fourth-order valence-corrected chi connectivity index (χ4v) is 4.40. The van der Waals surface area contributed by atoms with Gasteiger partial charge in [0.15, 0.2) is 0 Å². The van der Waals surface area contributed by atoms with Crippen molar-refractivity contribution in [3.63, 3.8) is 0 Å². The van der Waals surface area contributed by atoms with Gasteiger partial charge in [0.25, 0.3) is 0 Å². The van der Waals surface area contributed by atoms with Gasteiger partial charge in [-0.25, -0.2) is 0 Å². The lowest BCUT2D eigenvalue weighted by atomic mass is 9.89. The van der Waals surface area contributed by atoms with Crippen LogP contribution in [0.25, 0.3) is 0 Å². The zero-order chi connectivity index (χ0) is 20.7. The molecule has 0 radical (unpaired) electrons. The maximum Gasteiger partial charge on any atom is 0.316 e. The third-order valence-corrected chi connectivity index (χ3v) is 6.37. The van der Waals surface area contributed by atoms with Crippen LogP contribution in [0.1, 0.15) is 142 Å². The highest BCUT2D eigenvalue weighted by Gasteiger charge is 2.08. The highest BCUT2D eigenvalue weighted by Crippen LogP contribution is 2.25. The van der Waals surface area contributed by atoms with Crippen molar-refractivity contribution in [2.24, 2.45) is 5.92 Å². The molecule has 0 spiro atoms. The van der Waals surface area contributed by atoms with Gasteiger partial charge in [0.2, 0.25) is 0 Å². The molecule has 0 rings (SSSR count). The predicted octanol–water partition coefficient (Wildman–Crippen LogP) is 8.84. The molecule has 0 aromatic rings. The lowest BCUT2D eigenvalue weighted by Gasteiger charge is -2.17. The first-order chi connectivity index (χ1) is 13.7. The van der Waals surface area contributed by atoms with E-state index in [-0.39, 0.29) is 0 Å². The minimum atomic E-state index is -2.73. The van der Waals surface area contributed by atoms with Crippen LogP contribution < -0.4 is 0 Å². The molecule has 0 amide bonds. The largest absolute Gasteiger partial charge is 0.326 e. The van der Waals surface area contributed by atoms with Crippen LogP contribution in [-0.4, -0.2) is 11.5 Å². The predicted molar refractivity (Wildman–Crippen MR) is 124 cm³/mol. The topological polar surface area (TPSA) is 46.5 Å². The standard InChI is InChI=1S/C24H51O3P/c1-3-5-7-9-12-16-20-24(21-17-13-10-8-6-4-2)22-18-14-11-15-19-23-27-28(25)26/h24,28H,3-23H2,1-2H3,(H,25,26). The van der Waals surface area contributed by atoms with Gasteiger partial charge in [0, 0.05) is 0 Å². The Balaban J connectivity index is 3.80. The smallest absolute Gasteiger partial charge is 0.316 e. The van der Waals surface area contributed by atoms with Crippen LogP contribution >= 0.6 is 8.25 Å². The Hall–Kier alpha value is 0.150. The van der Waals surface area contributed by atoms with Gasteiger partial charge in [-0.1, -0.05) is 136 Å². The summed E-state index contributed by atoms with van der Waals surface area (Å²) in [7, 11) is -2.73. The van der Waals surface area contributed by atoms with E-state index in [1.807, 2.05) is 0 Å². The number of rotatable bonds is 23. The Morgan fingerprint density at radius 3 is 1.36 bits per heavy atom. The van der Waals surface area contributed by atoms with Crippen molar-refractivity contribution in [2.45, 2.75) is 142 Å². The van der Waals surface area contributed by atoms with Gasteiger partial charge < -0.3 is 9.42 Å². The molecular formula is C24H51O3P. The minimum Gasteiger partial charge on any atom is -0.326 e. The van der Waals surface area contributed by atoms with Crippen molar-refractivity contribution in [3.8, 4) is 0 Å². The Labute approximate surface area is 177 Å². The van der Waals surface area contributed by atoms with Crippen LogP contribution in [0, 0.1) is 5.92 Å². The van der Waals surface area contributed by atoms with E-state index in [0.29, 0.717) is 6.61 Å². The molecule has 0 aromatic heterocycles. The van der Waals surface area contributed by atoms with Crippen molar-refractivity contribution >= 4 is 8.25 Å². The molecule has 0 aliphatic heterocycles. The molecule has 0 aliphatic carbocycles. The molecular weight excluding hydrogens is 367 g/mol. The van der Waals surface area contributed by atoms with Crippen LogP contribution in [0.5, 0.6) is 0 Å². The SMILES string of the molecule is CCCCCCCCC(CCCCCCCC)CCCCCCCO[PH](=O)O. The van der Waals surface area contributed by atoms with E-state index in [9.17, 15) is 4.57 Å². The van der Waals surface area contributed by atoms with Crippen LogP contribution in [0.3, 0.4) is 0 Å². The Bertz CT molecular complexity index is 307. The van der Waals surface area contributed by atoms with Crippen molar-refractivity contribution in [1.82, 2.24) is 0 Å². The molecule has 28 heavy (non-hydrogen) atoms. The lowest BCUT2D eigenvalue weighted by Crippen LogP contribution is -2.02. The van der Waals surface area contributed by atoms with E-state index in [4.69, 9.17) is 9.42 Å². The van der Waals surface area contributed by atoms with Gasteiger partial charge in [-0.05, 0) is 12.3 Å². The average molecular weight is 419 g/mol. The van der Waals surface area contributed by atoms with Crippen LogP contribution in [-0.2, 0) is 9.09 Å². The summed E-state index contributed by atoms with van der Waals surface area (Å²) in [5.74, 6) is 0.945. The quantitative estimate of drug-likeness (QED) is 0.133. The molecule has 0 aliphatic rings. The third kappa shape index (κ3) is 22.4. The zero-order valence-electron chi connectivity index (χ0n) is 19.2. The van der Waals surface area contributed by atoms with Gasteiger partial charge in [0.1, 0.15) is 0 Å². The first-order valence-electron chi connectivity index (χ1n) is 12.6. The molecule has 1 N–H and O–H groups in total. The molecule has 0 aromatic carbocycles.